The Morgan fingerprint density at radius 3 is 2.48 bits per heavy atom. The van der Waals surface area contributed by atoms with Gasteiger partial charge in [0, 0.05) is 24.3 Å². The maximum atomic E-state index is 13.3. The Morgan fingerprint density at radius 1 is 1.14 bits per heavy atom. The third-order valence-corrected chi connectivity index (χ3v) is 3.47. The van der Waals surface area contributed by atoms with E-state index in [1.807, 2.05) is 17.9 Å². The first-order valence-corrected chi connectivity index (χ1v) is 7.01. The maximum Gasteiger partial charge on any atom is 0.125 e. The second kappa shape index (κ2) is 6.63. The van der Waals surface area contributed by atoms with Crippen molar-refractivity contribution in [3.63, 3.8) is 0 Å². The van der Waals surface area contributed by atoms with Crippen molar-refractivity contribution in [1.82, 2.24) is 0 Å². The number of rotatable bonds is 5. The highest BCUT2D eigenvalue weighted by molar-refractivity contribution is 7.80. The van der Waals surface area contributed by atoms with Gasteiger partial charge in [-0.1, -0.05) is 24.4 Å². The molecule has 110 valence electrons. The van der Waals surface area contributed by atoms with Crippen LogP contribution in [0.15, 0.2) is 42.5 Å². The molecule has 0 heterocycles. The van der Waals surface area contributed by atoms with Crippen LogP contribution in [0.25, 0.3) is 0 Å². The van der Waals surface area contributed by atoms with Gasteiger partial charge in [0.15, 0.2) is 0 Å². The first-order valence-electron chi connectivity index (χ1n) is 6.60. The summed E-state index contributed by atoms with van der Waals surface area (Å²) >= 11 is 4.97. The summed E-state index contributed by atoms with van der Waals surface area (Å²) in [4.78, 5) is 2.12. The van der Waals surface area contributed by atoms with Crippen LogP contribution in [0.2, 0.25) is 0 Å². The lowest BCUT2D eigenvalue weighted by Gasteiger charge is -2.24. The molecule has 2 nitrogen and oxygen atoms in total. The fourth-order valence-corrected chi connectivity index (χ4v) is 2.37. The van der Waals surface area contributed by atoms with Crippen molar-refractivity contribution in [2.24, 2.45) is 5.73 Å². The molecule has 0 aliphatic heterocycles. The fraction of sp³-hybridized carbons (Fsp3) is 0.188. The molecule has 0 fully saturated rings. The molecule has 2 aromatic rings. The molecule has 21 heavy (non-hydrogen) atoms. The lowest BCUT2D eigenvalue weighted by Crippen LogP contribution is -2.24. The quantitative estimate of drug-likeness (QED) is 0.855. The second-order valence-electron chi connectivity index (χ2n) is 4.66. The first-order chi connectivity index (χ1) is 10.0. The summed E-state index contributed by atoms with van der Waals surface area (Å²) in [6.07, 6.45) is 0. The standard InChI is InChI=1S/C16H16F2N2S/c1-2-20(14-5-3-4-12(17)8-14)10-11-6-7-13(18)9-15(11)16(19)21/h3-9H,2,10H2,1H3,(H2,19,21). The van der Waals surface area contributed by atoms with Gasteiger partial charge in [-0.2, -0.15) is 0 Å². The van der Waals surface area contributed by atoms with Gasteiger partial charge in [0.25, 0.3) is 0 Å². The molecule has 0 bridgehead atoms. The van der Waals surface area contributed by atoms with Crippen LogP contribution in [0.3, 0.4) is 0 Å². The molecule has 0 radical (unpaired) electrons. The minimum Gasteiger partial charge on any atom is -0.389 e. The van der Waals surface area contributed by atoms with E-state index in [4.69, 9.17) is 18.0 Å². The number of halogens is 2. The molecule has 0 amide bonds. The largest absolute Gasteiger partial charge is 0.389 e. The predicted molar refractivity (Wildman–Crippen MR) is 85.4 cm³/mol. The molecule has 0 atom stereocenters. The van der Waals surface area contributed by atoms with Gasteiger partial charge >= 0.3 is 0 Å². The molecule has 0 aliphatic rings. The van der Waals surface area contributed by atoms with E-state index in [1.165, 1.54) is 24.3 Å². The van der Waals surface area contributed by atoms with Gasteiger partial charge in [-0.05, 0) is 42.8 Å². The average molecular weight is 306 g/mol. The molecule has 0 aromatic heterocycles. The van der Waals surface area contributed by atoms with Crippen LogP contribution in [-0.4, -0.2) is 11.5 Å². The zero-order chi connectivity index (χ0) is 15.4. The first kappa shape index (κ1) is 15.4. The molecule has 0 saturated carbocycles. The van der Waals surface area contributed by atoms with Crippen LogP contribution in [0.1, 0.15) is 18.1 Å². The van der Waals surface area contributed by atoms with E-state index >= 15 is 0 Å². The van der Waals surface area contributed by atoms with Crippen molar-refractivity contribution >= 4 is 22.9 Å². The van der Waals surface area contributed by atoms with E-state index in [2.05, 4.69) is 0 Å². The highest BCUT2D eigenvalue weighted by Crippen LogP contribution is 2.20. The summed E-state index contributed by atoms with van der Waals surface area (Å²) in [6, 6.07) is 10.7. The Morgan fingerprint density at radius 2 is 1.86 bits per heavy atom. The van der Waals surface area contributed by atoms with Crippen molar-refractivity contribution in [2.45, 2.75) is 13.5 Å². The summed E-state index contributed by atoms with van der Waals surface area (Å²) in [7, 11) is 0. The Kier molecular flexibility index (Phi) is 4.85. The molecule has 2 aromatic carbocycles. The Balaban J connectivity index is 2.33. The van der Waals surface area contributed by atoms with Crippen LogP contribution in [0, 0.1) is 11.6 Å². The molecule has 0 saturated heterocycles. The number of hydrogen-bond donors (Lipinski definition) is 1. The summed E-state index contributed by atoms with van der Waals surface area (Å²) in [6.45, 7) is 3.12. The Hall–Kier alpha value is -2.01. The number of anilines is 1. The molecule has 0 unspecified atom stereocenters. The molecular weight excluding hydrogens is 290 g/mol. The van der Waals surface area contributed by atoms with Gasteiger partial charge in [-0.15, -0.1) is 0 Å². The molecule has 0 spiro atoms. The lowest BCUT2D eigenvalue weighted by molar-refractivity contribution is 0.625. The third kappa shape index (κ3) is 3.76. The highest BCUT2D eigenvalue weighted by Gasteiger charge is 2.12. The zero-order valence-corrected chi connectivity index (χ0v) is 12.5. The Labute approximate surface area is 128 Å². The van der Waals surface area contributed by atoms with E-state index in [0.29, 0.717) is 18.7 Å². The predicted octanol–water partition coefficient (Wildman–Crippen LogP) is 3.63. The highest BCUT2D eigenvalue weighted by atomic mass is 32.1. The van der Waals surface area contributed by atoms with Crippen molar-refractivity contribution in [2.75, 3.05) is 11.4 Å². The van der Waals surface area contributed by atoms with Crippen molar-refractivity contribution in [1.29, 1.82) is 0 Å². The fourth-order valence-electron chi connectivity index (χ4n) is 2.18. The topological polar surface area (TPSA) is 29.3 Å². The van der Waals surface area contributed by atoms with Gasteiger partial charge in [0.2, 0.25) is 0 Å². The van der Waals surface area contributed by atoms with Gasteiger partial charge < -0.3 is 10.6 Å². The van der Waals surface area contributed by atoms with Crippen LogP contribution in [-0.2, 0) is 6.54 Å². The van der Waals surface area contributed by atoms with Crippen LogP contribution < -0.4 is 10.6 Å². The van der Waals surface area contributed by atoms with Gasteiger partial charge in [-0.25, -0.2) is 8.78 Å². The number of thiocarbonyl (C=S) groups is 1. The summed E-state index contributed by atoms with van der Waals surface area (Å²) in [5.41, 5.74) is 7.74. The van der Waals surface area contributed by atoms with Crippen molar-refractivity contribution in [3.05, 3.63) is 65.2 Å². The van der Waals surface area contributed by atoms with E-state index in [-0.39, 0.29) is 16.6 Å². The van der Waals surface area contributed by atoms with Crippen molar-refractivity contribution < 1.29 is 8.78 Å². The van der Waals surface area contributed by atoms with E-state index in [9.17, 15) is 8.78 Å². The number of hydrogen-bond acceptors (Lipinski definition) is 2. The summed E-state index contributed by atoms with van der Waals surface area (Å²) in [5, 5.41) is 0. The Bertz CT molecular complexity index is 658. The van der Waals surface area contributed by atoms with Crippen LogP contribution >= 0.6 is 12.2 Å². The number of nitrogens with two attached hydrogens (primary N) is 1. The van der Waals surface area contributed by atoms with Crippen molar-refractivity contribution in [3.8, 4) is 0 Å². The molecule has 5 heteroatoms. The molecular formula is C16H16F2N2S. The maximum absolute atomic E-state index is 13.3. The summed E-state index contributed by atoms with van der Waals surface area (Å²) < 4.78 is 26.7. The van der Waals surface area contributed by atoms with Gasteiger partial charge in [-0.3, -0.25) is 0 Å². The molecule has 2 rings (SSSR count). The second-order valence-corrected chi connectivity index (χ2v) is 5.10. The smallest absolute Gasteiger partial charge is 0.125 e. The minimum absolute atomic E-state index is 0.153. The molecule has 0 aliphatic carbocycles. The van der Waals surface area contributed by atoms with E-state index in [0.717, 1.165) is 11.3 Å². The van der Waals surface area contributed by atoms with Gasteiger partial charge in [0.05, 0.1) is 0 Å². The number of nitrogens with zero attached hydrogens (tertiary/aromatic N) is 1. The molecule has 2 N–H and O–H groups in total. The van der Waals surface area contributed by atoms with Crippen LogP contribution in [0.5, 0.6) is 0 Å². The van der Waals surface area contributed by atoms with E-state index in [1.54, 1.807) is 12.1 Å². The lowest BCUT2D eigenvalue weighted by atomic mass is 10.1. The summed E-state index contributed by atoms with van der Waals surface area (Å²) in [5.74, 6) is -0.671. The van der Waals surface area contributed by atoms with Gasteiger partial charge in [0.1, 0.15) is 16.6 Å². The third-order valence-electron chi connectivity index (χ3n) is 3.25. The number of benzene rings is 2. The zero-order valence-electron chi connectivity index (χ0n) is 11.6. The SMILES string of the molecule is CCN(Cc1ccc(F)cc1C(N)=S)c1cccc(F)c1. The minimum atomic E-state index is -0.379. The van der Waals surface area contributed by atoms with E-state index < -0.39 is 0 Å². The average Bonchev–Trinajstić information content (AvgIpc) is 2.45. The van der Waals surface area contributed by atoms with Crippen LogP contribution in [0.4, 0.5) is 14.5 Å². The monoisotopic (exact) mass is 306 g/mol. The normalized spacial score (nSPS) is 10.4.